The zero-order valence-electron chi connectivity index (χ0n) is 18.0. The second-order valence-corrected chi connectivity index (χ2v) is 8.30. The Hall–Kier alpha value is -3.38. The molecule has 1 aromatic carbocycles. The number of aromatic nitrogens is 3. The molecule has 2 heterocycles. The fraction of sp³-hybridized carbons (Fsp3) is 0.391. The molecule has 0 unspecified atom stereocenters. The van der Waals surface area contributed by atoms with Gasteiger partial charge in [0.2, 0.25) is 0 Å². The van der Waals surface area contributed by atoms with Crippen LogP contribution in [0.2, 0.25) is 0 Å². The molecule has 0 saturated carbocycles. The van der Waals surface area contributed by atoms with Gasteiger partial charge in [-0.15, -0.1) is 11.3 Å². The number of nitrogens with zero attached hydrogens (tertiary/aromatic N) is 4. The Labute approximate surface area is 189 Å². The maximum atomic E-state index is 12.8. The number of thiazole rings is 1. The number of fused-ring (bicyclic) bond motifs is 1. The summed E-state index contributed by atoms with van der Waals surface area (Å²) in [5, 5.41) is 16.5. The van der Waals surface area contributed by atoms with Gasteiger partial charge in [-0.05, 0) is 19.4 Å². The van der Waals surface area contributed by atoms with Crippen molar-refractivity contribution in [3.05, 3.63) is 56.4 Å². The summed E-state index contributed by atoms with van der Waals surface area (Å²) in [6.07, 6.45) is 3.84. The van der Waals surface area contributed by atoms with Crippen LogP contribution in [-0.4, -0.2) is 33.1 Å². The van der Waals surface area contributed by atoms with Crippen LogP contribution >= 0.6 is 11.3 Å². The molecule has 0 aliphatic carbocycles. The molecule has 0 aliphatic rings. The first kappa shape index (κ1) is 23.3. The lowest BCUT2D eigenvalue weighted by atomic mass is 10.1. The summed E-state index contributed by atoms with van der Waals surface area (Å²) in [5.74, 6) is -2.48. The van der Waals surface area contributed by atoms with Crippen LogP contribution in [0.5, 0.6) is 0 Å². The average molecular weight is 453 g/mol. The van der Waals surface area contributed by atoms with Gasteiger partial charge in [-0.1, -0.05) is 44.4 Å². The van der Waals surface area contributed by atoms with Crippen LogP contribution < -0.4 is 5.56 Å². The van der Waals surface area contributed by atoms with Gasteiger partial charge in [-0.2, -0.15) is 10.4 Å². The third-order valence-electron chi connectivity index (χ3n) is 4.96. The number of nitriles is 1. The van der Waals surface area contributed by atoms with E-state index in [0.29, 0.717) is 28.0 Å². The monoisotopic (exact) mass is 452 g/mol. The van der Waals surface area contributed by atoms with Crippen LogP contribution in [0.15, 0.2) is 34.4 Å². The van der Waals surface area contributed by atoms with Crippen molar-refractivity contribution in [2.24, 2.45) is 0 Å². The number of benzene rings is 1. The molecule has 1 atom stereocenters. The van der Waals surface area contributed by atoms with Crippen molar-refractivity contribution in [1.29, 1.82) is 5.26 Å². The Bertz CT molecular complexity index is 1220. The van der Waals surface area contributed by atoms with Crippen molar-refractivity contribution >= 4 is 33.9 Å². The van der Waals surface area contributed by atoms with Crippen molar-refractivity contribution in [1.82, 2.24) is 14.8 Å². The van der Waals surface area contributed by atoms with Gasteiger partial charge in [0.1, 0.15) is 5.01 Å². The van der Waals surface area contributed by atoms with E-state index in [1.165, 1.54) is 16.0 Å². The predicted molar refractivity (Wildman–Crippen MR) is 121 cm³/mol. The minimum absolute atomic E-state index is 0.0258. The topological polar surface area (TPSA) is 115 Å². The zero-order valence-corrected chi connectivity index (χ0v) is 18.9. The third kappa shape index (κ3) is 5.26. The fourth-order valence-corrected chi connectivity index (χ4v) is 4.14. The van der Waals surface area contributed by atoms with Gasteiger partial charge in [0, 0.05) is 23.0 Å². The SMILES string of the molecule is CCCCCCn1nc(C(=O)OCC(=O)[C@H](C#N)c2nc(C)cs2)c2ccccc2c1=O. The lowest BCUT2D eigenvalue weighted by molar-refractivity contribution is -0.122. The molecule has 3 aromatic rings. The number of Topliss-reactive ketones (excluding diaryl/α,β-unsaturated/α-hetero) is 1. The molecule has 0 spiro atoms. The van der Waals surface area contributed by atoms with Crippen molar-refractivity contribution in [2.75, 3.05) is 6.61 Å². The Kier molecular flexibility index (Phi) is 7.84. The predicted octanol–water partition coefficient (Wildman–Crippen LogP) is 3.78. The molecule has 0 radical (unpaired) electrons. The van der Waals surface area contributed by atoms with Crippen LogP contribution in [-0.2, 0) is 16.1 Å². The van der Waals surface area contributed by atoms with Gasteiger partial charge in [-0.25, -0.2) is 14.5 Å². The summed E-state index contributed by atoms with van der Waals surface area (Å²) < 4.78 is 6.49. The van der Waals surface area contributed by atoms with Gasteiger partial charge >= 0.3 is 5.97 Å². The largest absolute Gasteiger partial charge is 0.453 e. The second kappa shape index (κ2) is 10.8. The van der Waals surface area contributed by atoms with E-state index in [4.69, 9.17) is 4.74 Å². The van der Waals surface area contributed by atoms with E-state index >= 15 is 0 Å². The highest BCUT2D eigenvalue weighted by Gasteiger charge is 2.26. The lowest BCUT2D eigenvalue weighted by Gasteiger charge is -2.11. The van der Waals surface area contributed by atoms with E-state index in [0.717, 1.165) is 25.7 Å². The number of carbonyl (C=O) groups is 2. The van der Waals surface area contributed by atoms with Crippen LogP contribution in [0.4, 0.5) is 0 Å². The van der Waals surface area contributed by atoms with Crippen LogP contribution in [0.3, 0.4) is 0 Å². The molecule has 0 fully saturated rings. The van der Waals surface area contributed by atoms with Crippen LogP contribution in [0.1, 0.15) is 59.7 Å². The van der Waals surface area contributed by atoms with Gasteiger partial charge in [0.25, 0.3) is 5.56 Å². The highest BCUT2D eigenvalue weighted by atomic mass is 32.1. The van der Waals surface area contributed by atoms with E-state index in [1.54, 1.807) is 36.6 Å². The molecule has 0 saturated heterocycles. The molecule has 3 rings (SSSR count). The Morgan fingerprint density at radius 1 is 1.22 bits per heavy atom. The van der Waals surface area contributed by atoms with Crippen molar-refractivity contribution in [3.63, 3.8) is 0 Å². The number of hydrogen-bond acceptors (Lipinski definition) is 8. The normalized spacial score (nSPS) is 11.8. The van der Waals surface area contributed by atoms with E-state index in [1.807, 2.05) is 6.07 Å². The highest BCUT2D eigenvalue weighted by molar-refractivity contribution is 7.09. The van der Waals surface area contributed by atoms with E-state index in [-0.39, 0.29) is 11.3 Å². The molecule has 9 heteroatoms. The number of rotatable bonds is 10. The van der Waals surface area contributed by atoms with Gasteiger partial charge in [0.15, 0.2) is 24.0 Å². The summed E-state index contributed by atoms with van der Waals surface area (Å²) in [5.41, 5.74) is 0.419. The number of aryl methyl sites for hydroxylation is 2. The van der Waals surface area contributed by atoms with Crippen molar-refractivity contribution < 1.29 is 14.3 Å². The van der Waals surface area contributed by atoms with Crippen LogP contribution in [0.25, 0.3) is 10.8 Å². The quantitative estimate of drug-likeness (QED) is 0.340. The first-order valence-electron chi connectivity index (χ1n) is 10.5. The Morgan fingerprint density at radius 2 is 1.97 bits per heavy atom. The lowest BCUT2D eigenvalue weighted by Crippen LogP contribution is -2.27. The van der Waals surface area contributed by atoms with E-state index in [2.05, 4.69) is 17.0 Å². The summed E-state index contributed by atoms with van der Waals surface area (Å²) >= 11 is 1.21. The average Bonchev–Trinajstić information content (AvgIpc) is 3.22. The smallest absolute Gasteiger partial charge is 0.359 e. The second-order valence-electron chi connectivity index (χ2n) is 7.41. The fourth-order valence-electron chi connectivity index (χ4n) is 3.28. The summed E-state index contributed by atoms with van der Waals surface area (Å²) in [6.45, 7) is 3.68. The first-order valence-corrected chi connectivity index (χ1v) is 11.4. The summed E-state index contributed by atoms with van der Waals surface area (Å²) in [7, 11) is 0. The zero-order chi connectivity index (χ0) is 23.1. The molecule has 0 amide bonds. The van der Waals surface area contributed by atoms with Gasteiger partial charge in [-0.3, -0.25) is 9.59 Å². The molecule has 0 bridgehead atoms. The molecule has 166 valence electrons. The van der Waals surface area contributed by atoms with Crippen molar-refractivity contribution in [3.8, 4) is 6.07 Å². The first-order chi connectivity index (χ1) is 15.5. The number of carbonyl (C=O) groups excluding carboxylic acids is 2. The number of unbranched alkanes of at least 4 members (excludes halogenated alkanes) is 3. The number of ether oxygens (including phenoxy) is 1. The number of ketones is 1. The maximum absolute atomic E-state index is 12.8. The molecular weight excluding hydrogens is 428 g/mol. The van der Waals surface area contributed by atoms with Gasteiger partial charge in [0.05, 0.1) is 11.5 Å². The maximum Gasteiger partial charge on any atom is 0.359 e. The van der Waals surface area contributed by atoms with Crippen LogP contribution in [0, 0.1) is 18.3 Å². The van der Waals surface area contributed by atoms with Gasteiger partial charge < -0.3 is 4.74 Å². The molecule has 32 heavy (non-hydrogen) atoms. The minimum atomic E-state index is -1.10. The van der Waals surface area contributed by atoms with E-state index in [9.17, 15) is 19.6 Å². The Balaban J connectivity index is 1.80. The minimum Gasteiger partial charge on any atom is -0.453 e. The summed E-state index contributed by atoms with van der Waals surface area (Å²) in [4.78, 5) is 42.3. The summed E-state index contributed by atoms with van der Waals surface area (Å²) in [6, 6.07) is 8.61. The Morgan fingerprint density at radius 3 is 2.62 bits per heavy atom. The number of esters is 1. The molecule has 2 aromatic heterocycles. The van der Waals surface area contributed by atoms with Crippen molar-refractivity contribution in [2.45, 2.75) is 52.0 Å². The highest BCUT2D eigenvalue weighted by Crippen LogP contribution is 2.21. The van der Waals surface area contributed by atoms with E-state index < -0.39 is 24.3 Å². The number of hydrogen-bond donors (Lipinski definition) is 0. The molecule has 0 N–H and O–H groups in total. The molecule has 0 aliphatic heterocycles. The molecular formula is C23H24N4O4S. The molecule has 8 nitrogen and oxygen atoms in total. The standard InChI is InChI=1S/C23H24N4O4S/c1-3-4-5-8-11-27-22(29)17-10-7-6-9-16(17)20(26-27)23(30)31-13-19(28)18(12-24)21-25-15(2)14-32-21/h6-7,9-10,14,18H,3-5,8,11,13H2,1-2H3/t18-/m0/s1. The third-order valence-corrected chi connectivity index (χ3v) is 5.99.